The van der Waals surface area contributed by atoms with Crippen LogP contribution in [0, 0.1) is 0 Å². The predicted octanol–water partition coefficient (Wildman–Crippen LogP) is 4.17. The highest BCUT2D eigenvalue weighted by Crippen LogP contribution is 2.37. The number of methoxy groups -OCH3 is 1. The number of rotatable bonds is 5. The quantitative estimate of drug-likeness (QED) is 0.565. The minimum atomic E-state index is 0.220. The van der Waals surface area contributed by atoms with Crippen LogP contribution in [-0.2, 0) is 17.6 Å². The van der Waals surface area contributed by atoms with E-state index in [1.54, 1.807) is 18.9 Å². The number of thioether (sulfide) groups is 1. The third-order valence-electron chi connectivity index (χ3n) is 6.27. The standard InChI is InChI=1S/C25H27N3O2S/c1-30-23-12-5-4-11-22(23)27-13-15-28(16-14-27)24(29)17-31-25-18-7-2-3-9-20(18)26-21-10-6-8-19(21)25/h2-5,7,9,11-12H,6,8,10,13-17H2,1H3. The van der Waals surface area contributed by atoms with E-state index in [-0.39, 0.29) is 5.91 Å². The maximum absolute atomic E-state index is 13.0. The van der Waals surface area contributed by atoms with E-state index in [4.69, 9.17) is 9.72 Å². The second-order valence-corrected chi connectivity index (χ2v) is 9.05. The lowest BCUT2D eigenvalue weighted by Crippen LogP contribution is -2.49. The molecule has 2 aromatic carbocycles. The fourth-order valence-corrected chi connectivity index (χ4v) is 5.82. The van der Waals surface area contributed by atoms with Crippen molar-refractivity contribution in [3.05, 3.63) is 59.8 Å². The number of piperazine rings is 1. The molecule has 160 valence electrons. The van der Waals surface area contributed by atoms with Gasteiger partial charge >= 0.3 is 0 Å². The summed E-state index contributed by atoms with van der Waals surface area (Å²) in [6.07, 6.45) is 3.28. The van der Waals surface area contributed by atoms with Crippen LogP contribution in [0.2, 0.25) is 0 Å². The number of benzene rings is 2. The van der Waals surface area contributed by atoms with Gasteiger partial charge in [0.15, 0.2) is 0 Å². The lowest BCUT2D eigenvalue weighted by atomic mass is 10.1. The Bertz CT molecular complexity index is 1110. The summed E-state index contributed by atoms with van der Waals surface area (Å²) in [6.45, 7) is 3.13. The molecule has 1 saturated heterocycles. The van der Waals surface area contributed by atoms with Crippen LogP contribution in [0.1, 0.15) is 17.7 Å². The number of aryl methyl sites for hydroxylation is 1. The van der Waals surface area contributed by atoms with Crippen molar-refractivity contribution in [3.63, 3.8) is 0 Å². The zero-order valence-corrected chi connectivity index (χ0v) is 18.7. The van der Waals surface area contributed by atoms with E-state index in [0.717, 1.165) is 62.4 Å². The Morgan fingerprint density at radius 1 is 1.03 bits per heavy atom. The lowest BCUT2D eigenvalue weighted by molar-refractivity contribution is -0.128. The molecule has 6 heteroatoms. The summed E-state index contributed by atoms with van der Waals surface area (Å²) in [5, 5.41) is 1.18. The number of pyridine rings is 1. The first kappa shape index (κ1) is 20.2. The fourth-order valence-electron chi connectivity index (χ4n) is 4.64. The molecule has 0 bridgehead atoms. The van der Waals surface area contributed by atoms with Gasteiger partial charge in [0.1, 0.15) is 5.75 Å². The van der Waals surface area contributed by atoms with Crippen LogP contribution in [0.3, 0.4) is 0 Å². The van der Waals surface area contributed by atoms with E-state index >= 15 is 0 Å². The summed E-state index contributed by atoms with van der Waals surface area (Å²) >= 11 is 1.70. The van der Waals surface area contributed by atoms with Gasteiger partial charge in [-0.05, 0) is 43.0 Å². The van der Waals surface area contributed by atoms with E-state index in [0.29, 0.717) is 5.75 Å². The van der Waals surface area contributed by atoms with Gasteiger partial charge in [0.25, 0.3) is 0 Å². The number of carbonyl (C=O) groups excluding carboxylic acids is 1. The van der Waals surface area contributed by atoms with Crippen molar-refractivity contribution < 1.29 is 9.53 Å². The molecule has 2 heterocycles. The van der Waals surface area contributed by atoms with Crippen LogP contribution in [0.5, 0.6) is 5.75 Å². The number of nitrogens with zero attached hydrogens (tertiary/aromatic N) is 3. The predicted molar refractivity (Wildman–Crippen MR) is 126 cm³/mol. The van der Waals surface area contributed by atoms with Crippen molar-refractivity contribution in [2.45, 2.75) is 24.2 Å². The number of hydrogen-bond acceptors (Lipinski definition) is 5. The number of para-hydroxylation sites is 3. The maximum atomic E-state index is 13.0. The Morgan fingerprint density at radius 3 is 2.65 bits per heavy atom. The molecule has 0 spiro atoms. The molecule has 0 radical (unpaired) electrons. The summed E-state index contributed by atoms with van der Waals surface area (Å²) in [7, 11) is 1.70. The van der Waals surface area contributed by atoms with E-state index in [1.807, 2.05) is 29.2 Å². The fraction of sp³-hybridized carbons (Fsp3) is 0.360. The molecular formula is C25H27N3O2S. The first-order valence-electron chi connectivity index (χ1n) is 10.9. The van der Waals surface area contributed by atoms with Gasteiger partial charge in [0.2, 0.25) is 5.91 Å². The SMILES string of the molecule is COc1ccccc1N1CCN(C(=O)CSc2c3c(nc4ccccc24)CCC3)CC1. The van der Waals surface area contributed by atoms with Crippen LogP contribution in [0.25, 0.3) is 10.9 Å². The van der Waals surface area contributed by atoms with Gasteiger partial charge in [0, 0.05) is 42.2 Å². The Balaban J connectivity index is 1.26. The molecule has 31 heavy (non-hydrogen) atoms. The molecule has 1 aliphatic heterocycles. The molecular weight excluding hydrogens is 406 g/mol. The van der Waals surface area contributed by atoms with Crippen LogP contribution in [-0.4, -0.2) is 54.8 Å². The number of carbonyl (C=O) groups is 1. The van der Waals surface area contributed by atoms with Gasteiger partial charge in [-0.25, -0.2) is 0 Å². The molecule has 0 unspecified atom stereocenters. The molecule has 2 aliphatic rings. The van der Waals surface area contributed by atoms with Gasteiger partial charge in [-0.1, -0.05) is 30.3 Å². The normalized spacial score (nSPS) is 15.9. The topological polar surface area (TPSA) is 45.7 Å². The Kier molecular flexibility index (Phi) is 5.72. The zero-order chi connectivity index (χ0) is 21.2. The second kappa shape index (κ2) is 8.79. The highest BCUT2D eigenvalue weighted by molar-refractivity contribution is 8.00. The van der Waals surface area contributed by atoms with E-state index in [2.05, 4.69) is 29.2 Å². The Hall–Kier alpha value is -2.73. The molecule has 0 atom stereocenters. The maximum Gasteiger partial charge on any atom is 0.233 e. The highest BCUT2D eigenvalue weighted by Gasteiger charge is 2.25. The third-order valence-corrected chi connectivity index (χ3v) is 7.41. The highest BCUT2D eigenvalue weighted by atomic mass is 32.2. The monoisotopic (exact) mass is 433 g/mol. The van der Waals surface area contributed by atoms with Crippen LogP contribution < -0.4 is 9.64 Å². The first-order valence-corrected chi connectivity index (χ1v) is 11.9. The number of fused-ring (bicyclic) bond motifs is 2. The van der Waals surface area contributed by atoms with Crippen molar-refractivity contribution in [2.75, 3.05) is 43.9 Å². The molecule has 5 nitrogen and oxygen atoms in total. The number of aromatic nitrogens is 1. The Morgan fingerprint density at radius 2 is 1.81 bits per heavy atom. The molecule has 0 saturated carbocycles. The molecule has 1 fully saturated rings. The summed E-state index contributed by atoms with van der Waals surface area (Å²) in [6, 6.07) is 16.4. The summed E-state index contributed by atoms with van der Waals surface area (Å²) < 4.78 is 5.50. The number of hydrogen-bond donors (Lipinski definition) is 0. The molecule has 3 aromatic rings. The van der Waals surface area contributed by atoms with Gasteiger partial charge < -0.3 is 14.5 Å². The molecule has 1 aliphatic carbocycles. The van der Waals surface area contributed by atoms with Crippen molar-refractivity contribution >= 4 is 34.3 Å². The van der Waals surface area contributed by atoms with Crippen LogP contribution in [0.15, 0.2) is 53.4 Å². The first-order chi connectivity index (χ1) is 15.2. The van der Waals surface area contributed by atoms with Crippen LogP contribution in [0.4, 0.5) is 5.69 Å². The van der Waals surface area contributed by atoms with E-state index < -0.39 is 0 Å². The molecule has 1 aromatic heterocycles. The van der Waals surface area contributed by atoms with E-state index in [9.17, 15) is 4.79 Å². The minimum absolute atomic E-state index is 0.220. The number of ether oxygens (including phenoxy) is 1. The van der Waals surface area contributed by atoms with Gasteiger partial charge in [0.05, 0.1) is 24.1 Å². The average molecular weight is 434 g/mol. The third kappa shape index (κ3) is 3.97. The number of amides is 1. The summed E-state index contributed by atoms with van der Waals surface area (Å²) in [5.74, 6) is 1.59. The van der Waals surface area contributed by atoms with Crippen molar-refractivity contribution in [2.24, 2.45) is 0 Å². The number of anilines is 1. The molecule has 5 rings (SSSR count). The van der Waals surface area contributed by atoms with Gasteiger partial charge in [-0.15, -0.1) is 11.8 Å². The second-order valence-electron chi connectivity index (χ2n) is 8.07. The summed E-state index contributed by atoms with van der Waals surface area (Å²) in [4.78, 5) is 23.5. The average Bonchev–Trinajstić information content (AvgIpc) is 3.30. The van der Waals surface area contributed by atoms with Crippen molar-refractivity contribution in [1.29, 1.82) is 0 Å². The van der Waals surface area contributed by atoms with Gasteiger partial charge in [-0.3, -0.25) is 9.78 Å². The summed E-state index contributed by atoms with van der Waals surface area (Å²) in [5.41, 5.74) is 4.73. The van der Waals surface area contributed by atoms with Gasteiger partial charge in [-0.2, -0.15) is 0 Å². The largest absolute Gasteiger partial charge is 0.495 e. The lowest BCUT2D eigenvalue weighted by Gasteiger charge is -2.36. The van der Waals surface area contributed by atoms with Crippen molar-refractivity contribution in [1.82, 2.24) is 9.88 Å². The molecule has 1 amide bonds. The minimum Gasteiger partial charge on any atom is -0.495 e. The Labute approximate surface area is 187 Å². The molecule has 0 N–H and O–H groups in total. The van der Waals surface area contributed by atoms with Crippen molar-refractivity contribution in [3.8, 4) is 5.75 Å². The smallest absolute Gasteiger partial charge is 0.233 e. The van der Waals surface area contributed by atoms with E-state index in [1.165, 1.54) is 21.5 Å². The van der Waals surface area contributed by atoms with Crippen LogP contribution >= 0.6 is 11.8 Å². The zero-order valence-electron chi connectivity index (χ0n) is 17.8.